The highest BCUT2D eigenvalue weighted by molar-refractivity contribution is 5.86. The van der Waals surface area contributed by atoms with E-state index in [-0.39, 0.29) is 11.5 Å². The van der Waals surface area contributed by atoms with E-state index < -0.39 is 17.6 Å². The molecule has 4 nitrogen and oxygen atoms in total. The second-order valence-corrected chi connectivity index (χ2v) is 3.46. The number of rotatable bonds is 2. The fourth-order valence-electron chi connectivity index (χ4n) is 1.51. The summed E-state index contributed by atoms with van der Waals surface area (Å²) in [5.74, 6) is -2.82. The Morgan fingerprint density at radius 3 is 2.59 bits per heavy atom. The van der Waals surface area contributed by atoms with Gasteiger partial charge in [-0.15, -0.1) is 0 Å². The smallest absolute Gasteiger partial charge is 0.354 e. The van der Waals surface area contributed by atoms with Gasteiger partial charge in [0.05, 0.1) is 6.20 Å². The Morgan fingerprint density at radius 2 is 2.06 bits per heavy atom. The second-order valence-electron chi connectivity index (χ2n) is 3.46. The van der Waals surface area contributed by atoms with E-state index in [0.717, 1.165) is 12.1 Å². The Labute approximate surface area is 95.1 Å². The van der Waals surface area contributed by atoms with Gasteiger partial charge in [0, 0.05) is 12.6 Å². The molecule has 0 saturated carbocycles. The molecule has 1 heterocycles. The second kappa shape index (κ2) is 3.97. The van der Waals surface area contributed by atoms with Crippen molar-refractivity contribution in [3.05, 3.63) is 41.7 Å². The van der Waals surface area contributed by atoms with Gasteiger partial charge in [-0.05, 0) is 18.2 Å². The van der Waals surface area contributed by atoms with Crippen LogP contribution in [0.4, 0.5) is 8.78 Å². The highest BCUT2D eigenvalue weighted by Gasteiger charge is 2.14. The van der Waals surface area contributed by atoms with E-state index in [2.05, 4.69) is 4.98 Å². The number of hydrogen-bond acceptors (Lipinski definition) is 2. The number of hydrogen-bond donors (Lipinski definition) is 1. The number of carboxylic acid groups (broad SMARTS) is 1. The lowest BCUT2D eigenvalue weighted by molar-refractivity contribution is 0.0686. The van der Waals surface area contributed by atoms with Crippen molar-refractivity contribution in [2.45, 2.75) is 0 Å². The van der Waals surface area contributed by atoms with Crippen molar-refractivity contribution in [2.75, 3.05) is 0 Å². The molecule has 0 spiro atoms. The molecule has 0 aliphatic carbocycles. The van der Waals surface area contributed by atoms with Crippen molar-refractivity contribution in [3.63, 3.8) is 0 Å². The van der Waals surface area contributed by atoms with Crippen molar-refractivity contribution in [3.8, 4) is 11.4 Å². The number of aromatic carboxylic acids is 1. The van der Waals surface area contributed by atoms with Crippen LogP contribution in [-0.4, -0.2) is 20.6 Å². The van der Waals surface area contributed by atoms with Gasteiger partial charge >= 0.3 is 5.97 Å². The fourth-order valence-corrected chi connectivity index (χ4v) is 1.51. The normalized spacial score (nSPS) is 10.5. The van der Waals surface area contributed by atoms with Crippen molar-refractivity contribution in [2.24, 2.45) is 7.05 Å². The molecule has 0 aliphatic rings. The standard InChI is InChI=1S/C11H8F2N2O2/c1-15-9(11(16)17)5-14-10(15)6-2-3-7(12)8(13)4-6/h2-5H,1H3,(H,16,17). The fraction of sp³-hybridized carbons (Fsp3) is 0.0909. The van der Waals surface area contributed by atoms with E-state index in [1.807, 2.05) is 0 Å². The van der Waals surface area contributed by atoms with Gasteiger partial charge in [0.15, 0.2) is 11.6 Å². The van der Waals surface area contributed by atoms with Crippen molar-refractivity contribution >= 4 is 5.97 Å². The minimum Gasteiger partial charge on any atom is -0.477 e. The third-order valence-electron chi connectivity index (χ3n) is 2.39. The SMILES string of the molecule is Cn1c(C(=O)O)cnc1-c1ccc(F)c(F)c1. The average Bonchev–Trinajstić information content (AvgIpc) is 2.64. The van der Waals surface area contributed by atoms with Gasteiger partial charge in [0.1, 0.15) is 11.5 Å². The number of aromatic nitrogens is 2. The molecule has 0 aliphatic heterocycles. The van der Waals surface area contributed by atoms with Crippen LogP contribution < -0.4 is 0 Å². The van der Waals surface area contributed by atoms with Crippen LogP contribution in [0.25, 0.3) is 11.4 Å². The van der Waals surface area contributed by atoms with E-state index >= 15 is 0 Å². The first-order valence-corrected chi connectivity index (χ1v) is 4.71. The van der Waals surface area contributed by atoms with Gasteiger partial charge in [-0.2, -0.15) is 0 Å². The minimum absolute atomic E-state index is 0.0234. The van der Waals surface area contributed by atoms with Crippen molar-refractivity contribution in [1.82, 2.24) is 9.55 Å². The van der Waals surface area contributed by atoms with Gasteiger partial charge < -0.3 is 9.67 Å². The summed E-state index contributed by atoms with van der Waals surface area (Å²) >= 11 is 0. The predicted molar refractivity (Wildman–Crippen MR) is 55.5 cm³/mol. The lowest BCUT2D eigenvalue weighted by Crippen LogP contribution is -2.05. The van der Waals surface area contributed by atoms with E-state index in [0.29, 0.717) is 5.56 Å². The maximum atomic E-state index is 13.0. The van der Waals surface area contributed by atoms with Crippen LogP contribution in [0.2, 0.25) is 0 Å². The Bertz CT molecular complexity index is 593. The highest BCUT2D eigenvalue weighted by Crippen LogP contribution is 2.20. The van der Waals surface area contributed by atoms with Gasteiger partial charge in [0.25, 0.3) is 0 Å². The predicted octanol–water partition coefficient (Wildman–Crippen LogP) is 2.06. The third kappa shape index (κ3) is 1.89. The van der Waals surface area contributed by atoms with Crippen LogP contribution in [0.3, 0.4) is 0 Å². The molecule has 2 rings (SSSR count). The summed E-state index contributed by atoms with van der Waals surface area (Å²) in [4.78, 5) is 14.7. The molecule has 0 bridgehead atoms. The molecule has 6 heteroatoms. The Kier molecular flexibility index (Phi) is 2.63. The number of imidazole rings is 1. The van der Waals surface area contributed by atoms with Crippen LogP contribution in [0.1, 0.15) is 10.5 Å². The first-order valence-electron chi connectivity index (χ1n) is 4.71. The molecule has 0 atom stereocenters. The van der Waals surface area contributed by atoms with E-state index in [1.165, 1.54) is 23.9 Å². The molecule has 17 heavy (non-hydrogen) atoms. The van der Waals surface area contributed by atoms with Crippen molar-refractivity contribution < 1.29 is 18.7 Å². The number of nitrogens with zero attached hydrogens (tertiary/aromatic N) is 2. The molecule has 1 aromatic carbocycles. The summed E-state index contributed by atoms with van der Waals surface area (Å²) in [6, 6.07) is 3.29. The first kappa shape index (κ1) is 11.3. The average molecular weight is 238 g/mol. The van der Waals surface area contributed by atoms with Crippen molar-refractivity contribution in [1.29, 1.82) is 0 Å². The summed E-state index contributed by atoms with van der Waals surface area (Å²) in [5.41, 5.74) is 0.295. The Hall–Kier alpha value is -2.24. The summed E-state index contributed by atoms with van der Waals surface area (Å²) in [6.07, 6.45) is 1.17. The molecule has 88 valence electrons. The quantitative estimate of drug-likeness (QED) is 0.871. The molecule has 0 unspecified atom stereocenters. The number of benzene rings is 1. The molecule has 1 aromatic heterocycles. The summed E-state index contributed by atoms with van der Waals surface area (Å²) in [5, 5.41) is 8.83. The molecule has 2 aromatic rings. The Balaban J connectivity index is 2.53. The Morgan fingerprint density at radius 1 is 1.35 bits per heavy atom. The summed E-state index contributed by atoms with van der Waals surface area (Å²) in [6.45, 7) is 0. The topological polar surface area (TPSA) is 55.1 Å². The summed E-state index contributed by atoms with van der Waals surface area (Å²) in [7, 11) is 1.49. The van der Waals surface area contributed by atoms with Gasteiger partial charge in [-0.3, -0.25) is 0 Å². The number of halogens is 2. The lowest BCUT2D eigenvalue weighted by Gasteiger charge is -2.03. The number of carboxylic acids is 1. The van der Waals surface area contributed by atoms with Gasteiger partial charge in [-0.25, -0.2) is 18.6 Å². The first-order chi connectivity index (χ1) is 8.00. The zero-order chi connectivity index (χ0) is 12.6. The van der Waals surface area contributed by atoms with Crippen LogP contribution in [-0.2, 0) is 7.05 Å². The van der Waals surface area contributed by atoms with E-state index in [1.54, 1.807) is 0 Å². The highest BCUT2D eigenvalue weighted by atomic mass is 19.2. The molecule has 0 radical (unpaired) electrons. The molecule has 0 fully saturated rings. The monoisotopic (exact) mass is 238 g/mol. The summed E-state index contributed by atoms with van der Waals surface area (Å²) < 4.78 is 27.1. The molecular formula is C11H8F2N2O2. The number of carbonyl (C=O) groups is 1. The van der Waals surface area contributed by atoms with Gasteiger partial charge in [-0.1, -0.05) is 0 Å². The van der Waals surface area contributed by atoms with Crippen LogP contribution in [0.5, 0.6) is 0 Å². The maximum Gasteiger partial charge on any atom is 0.354 e. The zero-order valence-electron chi connectivity index (χ0n) is 8.82. The largest absolute Gasteiger partial charge is 0.477 e. The van der Waals surface area contributed by atoms with Crippen LogP contribution in [0, 0.1) is 11.6 Å². The molecular weight excluding hydrogens is 230 g/mol. The molecule has 0 saturated heterocycles. The van der Waals surface area contributed by atoms with Crippen LogP contribution >= 0.6 is 0 Å². The van der Waals surface area contributed by atoms with E-state index in [9.17, 15) is 13.6 Å². The molecule has 0 amide bonds. The van der Waals surface area contributed by atoms with Crippen LogP contribution in [0.15, 0.2) is 24.4 Å². The molecule has 1 N–H and O–H groups in total. The lowest BCUT2D eigenvalue weighted by atomic mass is 10.2. The van der Waals surface area contributed by atoms with Gasteiger partial charge in [0.2, 0.25) is 0 Å². The van der Waals surface area contributed by atoms with E-state index in [4.69, 9.17) is 5.11 Å². The zero-order valence-corrected chi connectivity index (χ0v) is 8.82. The minimum atomic E-state index is -1.13. The third-order valence-corrected chi connectivity index (χ3v) is 2.39. The maximum absolute atomic E-state index is 13.0.